The van der Waals surface area contributed by atoms with Crippen molar-refractivity contribution in [2.24, 2.45) is 0 Å². The lowest BCUT2D eigenvalue weighted by Crippen LogP contribution is -2.49. The third kappa shape index (κ3) is 11.8. The molecule has 0 saturated carbocycles. The van der Waals surface area contributed by atoms with Gasteiger partial charge in [-0.1, -0.05) is 43.3 Å². The number of hydrogen-bond donors (Lipinski definition) is 3. The second-order valence-corrected chi connectivity index (χ2v) is 8.88. The Labute approximate surface area is 219 Å². The van der Waals surface area contributed by atoms with Crippen molar-refractivity contribution in [3.8, 4) is 5.75 Å². The normalized spacial score (nSPS) is 10.2. The van der Waals surface area contributed by atoms with Crippen LogP contribution in [0.25, 0.3) is 0 Å². The van der Waals surface area contributed by atoms with Crippen LogP contribution in [0.2, 0.25) is 0 Å². The minimum absolute atomic E-state index is 0.0553. The largest absolute Gasteiger partial charge is 0.483 e. The minimum Gasteiger partial charge on any atom is -0.483 e. The van der Waals surface area contributed by atoms with E-state index in [4.69, 9.17) is 21.7 Å². The molecule has 0 aliphatic heterocycles. The van der Waals surface area contributed by atoms with E-state index in [2.05, 4.69) is 32.1 Å². The Hall–Kier alpha value is -2.98. The van der Waals surface area contributed by atoms with Crippen molar-refractivity contribution in [2.75, 3.05) is 13.2 Å². The van der Waals surface area contributed by atoms with Crippen LogP contribution in [0.5, 0.6) is 5.75 Å². The average Bonchev–Trinajstić information content (AvgIpc) is 2.85. The molecule has 2 aromatic rings. The summed E-state index contributed by atoms with van der Waals surface area (Å²) in [6, 6.07) is 15.6. The van der Waals surface area contributed by atoms with Gasteiger partial charge in [-0.2, -0.15) is 0 Å². The lowest BCUT2D eigenvalue weighted by molar-refractivity contribution is -0.143. The van der Waals surface area contributed by atoms with Gasteiger partial charge in [-0.3, -0.25) is 25.2 Å². The van der Waals surface area contributed by atoms with E-state index in [1.165, 1.54) is 5.56 Å². The van der Waals surface area contributed by atoms with Crippen LogP contribution >= 0.6 is 28.1 Å². The van der Waals surface area contributed by atoms with E-state index >= 15 is 0 Å². The van der Waals surface area contributed by atoms with E-state index in [-0.39, 0.29) is 36.4 Å². The van der Waals surface area contributed by atoms with Gasteiger partial charge >= 0.3 is 5.97 Å². The van der Waals surface area contributed by atoms with Crippen LogP contribution in [0, 0.1) is 0 Å². The number of benzene rings is 2. The number of hydrogen-bond acceptors (Lipinski definition) is 6. The quantitative estimate of drug-likeness (QED) is 0.156. The van der Waals surface area contributed by atoms with Crippen LogP contribution in [0.3, 0.4) is 0 Å². The van der Waals surface area contributed by atoms with Gasteiger partial charge in [0.25, 0.3) is 5.91 Å². The number of halogens is 1. The first-order valence-corrected chi connectivity index (χ1v) is 12.6. The van der Waals surface area contributed by atoms with E-state index in [1.807, 2.05) is 49.4 Å². The average molecular weight is 565 g/mol. The standard InChI is InChI=1S/C25H30BrN3O5S/c1-2-18-13-14-21(20(26)16-18)34-17-23(31)28-29-25(35)27-22(30)11-6-12-24(32)33-15-7-10-19-8-4-3-5-9-19/h3-5,8-9,13-14,16H,2,6-7,10-12,15,17H2,1H3,(H,28,31)(H2,27,29,30,35). The van der Waals surface area contributed by atoms with E-state index < -0.39 is 5.91 Å². The van der Waals surface area contributed by atoms with Crippen molar-refractivity contribution in [3.63, 3.8) is 0 Å². The van der Waals surface area contributed by atoms with Gasteiger partial charge in [-0.15, -0.1) is 0 Å². The Kier molecular flexibility index (Phi) is 12.8. The summed E-state index contributed by atoms with van der Waals surface area (Å²) in [6.45, 7) is 2.16. The fourth-order valence-corrected chi connectivity index (χ4v) is 3.69. The monoisotopic (exact) mass is 563 g/mol. The molecule has 10 heteroatoms. The zero-order valence-electron chi connectivity index (χ0n) is 19.6. The molecule has 0 fully saturated rings. The SMILES string of the molecule is CCc1ccc(OCC(=O)NNC(=S)NC(=O)CCCC(=O)OCCCc2ccccc2)c(Br)c1. The van der Waals surface area contributed by atoms with Crippen LogP contribution in [0.15, 0.2) is 53.0 Å². The number of nitrogens with one attached hydrogen (secondary N) is 3. The fraction of sp³-hybridized carbons (Fsp3) is 0.360. The summed E-state index contributed by atoms with van der Waals surface area (Å²) in [5.74, 6) is -0.634. The molecular weight excluding hydrogens is 534 g/mol. The topological polar surface area (TPSA) is 106 Å². The molecule has 3 N–H and O–H groups in total. The van der Waals surface area contributed by atoms with E-state index in [0.717, 1.165) is 29.3 Å². The summed E-state index contributed by atoms with van der Waals surface area (Å²) in [4.78, 5) is 35.7. The number of aryl methyl sites for hydroxylation is 2. The number of ether oxygens (including phenoxy) is 2. The predicted molar refractivity (Wildman–Crippen MR) is 141 cm³/mol. The summed E-state index contributed by atoms with van der Waals surface area (Å²) in [5.41, 5.74) is 7.14. The molecule has 0 bridgehead atoms. The van der Waals surface area contributed by atoms with Crippen molar-refractivity contribution >= 4 is 51.0 Å². The second-order valence-electron chi connectivity index (χ2n) is 7.62. The molecule has 2 aromatic carbocycles. The number of thiocarbonyl (C=S) groups is 1. The number of esters is 1. The smallest absolute Gasteiger partial charge is 0.305 e. The third-order valence-corrected chi connectivity index (χ3v) is 5.66. The molecular formula is C25H30BrN3O5S. The fourth-order valence-electron chi connectivity index (χ4n) is 2.98. The zero-order chi connectivity index (χ0) is 25.5. The Balaban J connectivity index is 1.52. The van der Waals surface area contributed by atoms with Crippen LogP contribution in [-0.4, -0.2) is 36.1 Å². The second kappa shape index (κ2) is 15.8. The molecule has 8 nitrogen and oxygen atoms in total. The Morgan fingerprint density at radius 2 is 1.71 bits per heavy atom. The van der Waals surface area contributed by atoms with Gasteiger partial charge in [-0.05, 0) is 77.1 Å². The molecule has 0 aliphatic carbocycles. The lowest BCUT2D eigenvalue weighted by Gasteiger charge is -2.12. The highest BCUT2D eigenvalue weighted by Gasteiger charge is 2.10. The van der Waals surface area contributed by atoms with Gasteiger partial charge in [0.2, 0.25) is 5.91 Å². The van der Waals surface area contributed by atoms with Gasteiger partial charge in [0.15, 0.2) is 11.7 Å². The maximum atomic E-state index is 12.0. The highest BCUT2D eigenvalue weighted by molar-refractivity contribution is 9.10. The van der Waals surface area contributed by atoms with Crippen LogP contribution in [0.4, 0.5) is 0 Å². The maximum Gasteiger partial charge on any atom is 0.305 e. The number of rotatable bonds is 12. The van der Waals surface area contributed by atoms with Gasteiger partial charge in [0, 0.05) is 12.8 Å². The van der Waals surface area contributed by atoms with Crippen molar-refractivity contribution in [3.05, 3.63) is 64.1 Å². The van der Waals surface area contributed by atoms with Gasteiger partial charge in [0.1, 0.15) is 5.75 Å². The number of carbonyl (C=O) groups excluding carboxylic acids is 3. The van der Waals surface area contributed by atoms with Crippen LogP contribution in [0.1, 0.15) is 43.7 Å². The summed E-state index contributed by atoms with van der Waals surface area (Å²) in [6.07, 6.45) is 3.05. The maximum absolute atomic E-state index is 12.0. The number of amides is 2. The van der Waals surface area contributed by atoms with E-state index in [1.54, 1.807) is 6.07 Å². The number of carbonyl (C=O) groups is 3. The highest BCUT2D eigenvalue weighted by Crippen LogP contribution is 2.26. The lowest BCUT2D eigenvalue weighted by atomic mass is 10.1. The molecule has 0 heterocycles. The summed E-state index contributed by atoms with van der Waals surface area (Å²) in [7, 11) is 0. The molecule has 0 radical (unpaired) electrons. The molecule has 0 saturated heterocycles. The molecule has 0 atom stereocenters. The molecule has 2 amide bonds. The third-order valence-electron chi connectivity index (χ3n) is 4.83. The minimum atomic E-state index is -0.469. The summed E-state index contributed by atoms with van der Waals surface area (Å²) >= 11 is 8.40. The summed E-state index contributed by atoms with van der Waals surface area (Å²) < 4.78 is 11.4. The van der Waals surface area contributed by atoms with Crippen LogP contribution in [-0.2, 0) is 32.0 Å². The van der Waals surface area contributed by atoms with Crippen molar-refractivity contribution in [2.45, 2.75) is 45.4 Å². The molecule has 0 unspecified atom stereocenters. The zero-order valence-corrected chi connectivity index (χ0v) is 22.0. The molecule has 2 rings (SSSR count). The van der Waals surface area contributed by atoms with Crippen molar-refractivity contribution in [1.29, 1.82) is 0 Å². The Morgan fingerprint density at radius 1 is 0.943 bits per heavy atom. The Bertz CT molecular complexity index is 1000. The Morgan fingerprint density at radius 3 is 2.43 bits per heavy atom. The molecule has 0 aliphatic rings. The van der Waals surface area contributed by atoms with Gasteiger partial charge < -0.3 is 14.8 Å². The first kappa shape index (κ1) is 28.3. The van der Waals surface area contributed by atoms with Gasteiger partial charge in [0.05, 0.1) is 11.1 Å². The van der Waals surface area contributed by atoms with Crippen molar-refractivity contribution in [1.82, 2.24) is 16.2 Å². The molecule has 0 aromatic heterocycles. The van der Waals surface area contributed by atoms with Crippen LogP contribution < -0.4 is 20.9 Å². The number of hydrazine groups is 1. The molecule has 188 valence electrons. The van der Waals surface area contributed by atoms with E-state index in [9.17, 15) is 14.4 Å². The van der Waals surface area contributed by atoms with Crippen molar-refractivity contribution < 1.29 is 23.9 Å². The highest BCUT2D eigenvalue weighted by atomic mass is 79.9. The summed E-state index contributed by atoms with van der Waals surface area (Å²) in [5, 5.41) is 2.39. The predicted octanol–water partition coefficient (Wildman–Crippen LogP) is 3.76. The first-order valence-electron chi connectivity index (χ1n) is 11.4. The molecule has 35 heavy (non-hydrogen) atoms. The molecule has 0 spiro atoms. The van der Waals surface area contributed by atoms with Gasteiger partial charge in [-0.25, -0.2) is 0 Å². The first-order chi connectivity index (χ1) is 16.9. The van der Waals surface area contributed by atoms with E-state index in [0.29, 0.717) is 18.8 Å².